The van der Waals surface area contributed by atoms with Crippen LogP contribution in [-0.4, -0.2) is 28.6 Å². The lowest BCUT2D eigenvalue weighted by molar-refractivity contribution is -0.121. The average Bonchev–Trinajstić information content (AvgIpc) is 2.51. The first kappa shape index (κ1) is 14.3. The highest BCUT2D eigenvalue weighted by Crippen LogP contribution is 2.34. The van der Waals surface area contributed by atoms with E-state index in [1.807, 2.05) is 0 Å². The fraction of sp³-hybridized carbons (Fsp3) is 0.133. The number of carbonyl (C=O) groups is 2. The van der Waals surface area contributed by atoms with E-state index in [0.717, 1.165) is 5.56 Å². The molecular weight excluding hydrogens is 308 g/mol. The number of benzene rings is 1. The molecule has 0 saturated heterocycles. The Morgan fingerprint density at radius 3 is 2.86 bits per heavy atom. The van der Waals surface area contributed by atoms with Gasteiger partial charge in [-0.15, -0.1) is 0 Å². The van der Waals surface area contributed by atoms with E-state index in [-0.39, 0.29) is 18.1 Å². The zero-order valence-electron chi connectivity index (χ0n) is 11.3. The number of aromatic nitrogens is 1. The van der Waals surface area contributed by atoms with Gasteiger partial charge < -0.3 is 14.7 Å². The topological polar surface area (TPSA) is 79.7 Å². The van der Waals surface area contributed by atoms with Crippen LogP contribution in [-0.2, 0) is 11.3 Å². The van der Waals surface area contributed by atoms with E-state index in [4.69, 9.17) is 21.4 Å². The van der Waals surface area contributed by atoms with Gasteiger partial charge >= 0.3 is 5.97 Å². The van der Waals surface area contributed by atoms with Crippen molar-refractivity contribution in [3.63, 3.8) is 0 Å². The van der Waals surface area contributed by atoms with Crippen LogP contribution in [0.3, 0.4) is 0 Å². The molecule has 0 atom stereocenters. The molecule has 1 N–H and O–H groups in total. The second kappa shape index (κ2) is 5.65. The molecule has 2 aromatic rings. The van der Waals surface area contributed by atoms with Crippen molar-refractivity contribution >= 4 is 29.2 Å². The maximum absolute atomic E-state index is 12.1. The number of carbonyl (C=O) groups excluding carboxylic acids is 1. The van der Waals surface area contributed by atoms with Gasteiger partial charge in [-0.3, -0.25) is 4.79 Å². The molecule has 1 aliphatic rings. The monoisotopic (exact) mass is 318 g/mol. The average molecular weight is 319 g/mol. The number of anilines is 1. The van der Waals surface area contributed by atoms with Crippen molar-refractivity contribution in [2.24, 2.45) is 0 Å². The molecule has 6 nitrogen and oxygen atoms in total. The van der Waals surface area contributed by atoms with Crippen molar-refractivity contribution < 1.29 is 19.4 Å². The number of ether oxygens (including phenoxy) is 1. The smallest absolute Gasteiger partial charge is 0.335 e. The third kappa shape index (κ3) is 2.73. The third-order valence-corrected chi connectivity index (χ3v) is 3.50. The summed E-state index contributed by atoms with van der Waals surface area (Å²) >= 11 is 5.74. The Labute approximate surface area is 130 Å². The first-order chi connectivity index (χ1) is 10.5. The molecule has 0 fully saturated rings. The lowest BCUT2D eigenvalue weighted by Gasteiger charge is -2.29. The van der Waals surface area contributed by atoms with Gasteiger partial charge in [0.25, 0.3) is 5.91 Å². The predicted molar refractivity (Wildman–Crippen MR) is 79.3 cm³/mol. The fourth-order valence-corrected chi connectivity index (χ4v) is 2.31. The van der Waals surface area contributed by atoms with Crippen LogP contribution in [0, 0.1) is 0 Å². The number of hydrogen-bond acceptors (Lipinski definition) is 4. The number of amides is 1. The summed E-state index contributed by atoms with van der Waals surface area (Å²) in [6.45, 7) is 0.183. The van der Waals surface area contributed by atoms with Crippen molar-refractivity contribution in [3.05, 3.63) is 52.8 Å². The number of hydrogen-bond donors (Lipinski definition) is 1. The Morgan fingerprint density at radius 2 is 2.18 bits per heavy atom. The largest absolute Gasteiger partial charge is 0.482 e. The number of nitrogens with zero attached hydrogens (tertiary/aromatic N) is 2. The van der Waals surface area contributed by atoms with E-state index in [9.17, 15) is 9.59 Å². The minimum Gasteiger partial charge on any atom is -0.482 e. The van der Waals surface area contributed by atoms with E-state index in [1.54, 1.807) is 24.4 Å². The first-order valence-corrected chi connectivity index (χ1v) is 6.83. The number of carboxylic acids is 1. The third-order valence-electron chi connectivity index (χ3n) is 3.28. The van der Waals surface area contributed by atoms with Crippen LogP contribution < -0.4 is 9.64 Å². The van der Waals surface area contributed by atoms with Crippen molar-refractivity contribution in [1.29, 1.82) is 0 Å². The Balaban J connectivity index is 1.93. The van der Waals surface area contributed by atoms with Crippen LogP contribution in [0.25, 0.3) is 0 Å². The first-order valence-electron chi connectivity index (χ1n) is 6.45. The number of pyridine rings is 1. The predicted octanol–water partition coefficient (Wildman–Crippen LogP) is 2.36. The molecule has 1 aliphatic heterocycles. The SMILES string of the molecule is O=C(O)c1ccc2c(c1)OCC(=O)N2Cc1ccc(Cl)nc1. The standard InChI is InChI=1S/C15H11ClN2O4/c16-13-4-1-9(6-17-13)7-18-11-3-2-10(15(20)21)5-12(11)22-8-14(18)19/h1-6H,7-8H2,(H,20,21). The highest BCUT2D eigenvalue weighted by Gasteiger charge is 2.26. The molecule has 7 heteroatoms. The Hall–Kier alpha value is -2.60. The van der Waals surface area contributed by atoms with Gasteiger partial charge in [-0.2, -0.15) is 0 Å². The van der Waals surface area contributed by atoms with E-state index in [0.29, 0.717) is 23.1 Å². The summed E-state index contributed by atoms with van der Waals surface area (Å²) in [5, 5.41) is 9.39. The number of rotatable bonds is 3. The van der Waals surface area contributed by atoms with Crippen molar-refractivity contribution in [2.45, 2.75) is 6.54 Å². The number of halogens is 1. The molecule has 2 heterocycles. The quantitative estimate of drug-likeness (QED) is 0.879. The maximum atomic E-state index is 12.1. The number of fused-ring (bicyclic) bond motifs is 1. The molecule has 1 aromatic heterocycles. The van der Waals surface area contributed by atoms with E-state index >= 15 is 0 Å². The van der Waals surface area contributed by atoms with Crippen LogP contribution in [0.15, 0.2) is 36.5 Å². The van der Waals surface area contributed by atoms with Crippen molar-refractivity contribution in [3.8, 4) is 5.75 Å². The van der Waals surface area contributed by atoms with Gasteiger partial charge in [0.15, 0.2) is 6.61 Å². The Kier molecular flexibility index (Phi) is 3.68. The lowest BCUT2D eigenvalue weighted by Crippen LogP contribution is -2.38. The molecule has 0 bridgehead atoms. The minimum atomic E-state index is -1.04. The van der Waals surface area contributed by atoms with Gasteiger partial charge in [-0.25, -0.2) is 9.78 Å². The van der Waals surface area contributed by atoms with Crippen LogP contribution in [0.1, 0.15) is 15.9 Å². The summed E-state index contributed by atoms with van der Waals surface area (Å²) in [6, 6.07) is 7.85. The molecule has 0 spiro atoms. The molecule has 0 unspecified atom stereocenters. The maximum Gasteiger partial charge on any atom is 0.335 e. The summed E-state index contributed by atoms with van der Waals surface area (Å²) in [7, 11) is 0. The normalized spacial score (nSPS) is 13.5. The molecule has 22 heavy (non-hydrogen) atoms. The summed E-state index contributed by atoms with van der Waals surface area (Å²) in [5.74, 6) is -0.872. The van der Waals surface area contributed by atoms with Gasteiger partial charge in [0, 0.05) is 6.20 Å². The molecule has 0 radical (unpaired) electrons. The van der Waals surface area contributed by atoms with E-state index in [1.165, 1.54) is 17.0 Å². The van der Waals surface area contributed by atoms with Crippen molar-refractivity contribution in [2.75, 3.05) is 11.5 Å². The Morgan fingerprint density at radius 1 is 1.36 bits per heavy atom. The lowest BCUT2D eigenvalue weighted by atomic mass is 10.1. The van der Waals surface area contributed by atoms with Gasteiger partial charge in [0.2, 0.25) is 0 Å². The van der Waals surface area contributed by atoms with Gasteiger partial charge in [0.1, 0.15) is 10.9 Å². The van der Waals surface area contributed by atoms with Crippen LogP contribution >= 0.6 is 11.6 Å². The molecule has 1 amide bonds. The highest BCUT2D eigenvalue weighted by molar-refractivity contribution is 6.29. The fourth-order valence-electron chi connectivity index (χ4n) is 2.19. The summed E-state index contributed by atoms with van der Waals surface area (Å²) in [6.07, 6.45) is 1.59. The summed E-state index contributed by atoms with van der Waals surface area (Å²) < 4.78 is 5.32. The molecule has 0 aliphatic carbocycles. The highest BCUT2D eigenvalue weighted by atomic mass is 35.5. The van der Waals surface area contributed by atoms with Gasteiger partial charge in [-0.05, 0) is 29.8 Å². The van der Waals surface area contributed by atoms with Crippen LogP contribution in [0.5, 0.6) is 5.75 Å². The summed E-state index contributed by atoms with van der Waals surface area (Å²) in [4.78, 5) is 28.6. The molecule has 112 valence electrons. The zero-order valence-corrected chi connectivity index (χ0v) is 12.1. The van der Waals surface area contributed by atoms with E-state index in [2.05, 4.69) is 4.98 Å². The van der Waals surface area contributed by atoms with Gasteiger partial charge in [0.05, 0.1) is 17.8 Å². The Bertz CT molecular complexity index is 746. The molecular formula is C15H11ClN2O4. The molecule has 3 rings (SSSR count). The minimum absolute atomic E-state index is 0.112. The van der Waals surface area contributed by atoms with Gasteiger partial charge in [-0.1, -0.05) is 17.7 Å². The summed E-state index contributed by atoms with van der Waals surface area (Å²) in [5.41, 5.74) is 1.46. The second-order valence-electron chi connectivity index (χ2n) is 4.75. The molecule has 0 saturated carbocycles. The molecule has 1 aromatic carbocycles. The number of aromatic carboxylic acids is 1. The number of carboxylic acid groups (broad SMARTS) is 1. The van der Waals surface area contributed by atoms with Crippen molar-refractivity contribution in [1.82, 2.24) is 4.98 Å². The second-order valence-corrected chi connectivity index (χ2v) is 5.13. The van der Waals surface area contributed by atoms with E-state index < -0.39 is 5.97 Å². The zero-order chi connectivity index (χ0) is 15.7. The van der Waals surface area contributed by atoms with Crippen LogP contribution in [0.2, 0.25) is 5.15 Å². The van der Waals surface area contributed by atoms with Crippen LogP contribution in [0.4, 0.5) is 5.69 Å².